The van der Waals surface area contributed by atoms with Crippen LogP contribution in [-0.4, -0.2) is 32.3 Å². The maximum atomic E-state index is 11.1. The number of amides is 1. The van der Waals surface area contributed by atoms with E-state index in [1.807, 2.05) is 0 Å². The molecular weight excluding hydrogens is 246 g/mol. The SMILES string of the molecule is CC(C(N)=O)n1ccc(=O)nc1SCC(=O)O. The van der Waals surface area contributed by atoms with Gasteiger partial charge in [0.2, 0.25) is 5.91 Å². The van der Waals surface area contributed by atoms with Crippen LogP contribution in [-0.2, 0) is 9.59 Å². The molecule has 0 aromatic carbocycles. The first-order valence-electron chi connectivity index (χ1n) is 4.65. The van der Waals surface area contributed by atoms with E-state index in [-0.39, 0.29) is 10.9 Å². The minimum Gasteiger partial charge on any atom is -0.481 e. The molecule has 0 saturated heterocycles. The largest absolute Gasteiger partial charge is 0.481 e. The second kappa shape index (κ2) is 5.48. The molecule has 1 atom stereocenters. The van der Waals surface area contributed by atoms with Crippen LogP contribution >= 0.6 is 11.8 Å². The van der Waals surface area contributed by atoms with Gasteiger partial charge in [-0.2, -0.15) is 4.98 Å². The van der Waals surface area contributed by atoms with Gasteiger partial charge >= 0.3 is 5.97 Å². The highest BCUT2D eigenvalue weighted by Crippen LogP contribution is 2.17. The van der Waals surface area contributed by atoms with Crippen LogP contribution in [0.3, 0.4) is 0 Å². The zero-order valence-corrected chi connectivity index (χ0v) is 9.81. The fourth-order valence-corrected chi connectivity index (χ4v) is 1.84. The average molecular weight is 257 g/mol. The van der Waals surface area contributed by atoms with E-state index >= 15 is 0 Å². The van der Waals surface area contributed by atoms with E-state index < -0.39 is 23.5 Å². The van der Waals surface area contributed by atoms with Gasteiger partial charge in [0.25, 0.3) is 5.56 Å². The minimum atomic E-state index is -1.04. The molecule has 0 aliphatic rings. The predicted octanol–water partition coefficient (Wildman–Crippen LogP) is -0.534. The lowest BCUT2D eigenvalue weighted by Crippen LogP contribution is -2.27. The van der Waals surface area contributed by atoms with Crippen LogP contribution in [0.1, 0.15) is 13.0 Å². The standard InChI is InChI=1S/C9H11N3O4S/c1-5(8(10)16)12-3-2-6(13)11-9(12)17-4-7(14)15/h2-3,5H,4H2,1H3,(H2,10,16)(H,14,15). The zero-order chi connectivity index (χ0) is 13.0. The van der Waals surface area contributed by atoms with Gasteiger partial charge in [0.1, 0.15) is 6.04 Å². The van der Waals surface area contributed by atoms with Gasteiger partial charge < -0.3 is 15.4 Å². The van der Waals surface area contributed by atoms with E-state index in [0.717, 1.165) is 11.8 Å². The quantitative estimate of drug-likeness (QED) is 0.541. The number of primary amides is 1. The lowest BCUT2D eigenvalue weighted by molar-refractivity contribution is -0.133. The lowest BCUT2D eigenvalue weighted by Gasteiger charge is -2.15. The van der Waals surface area contributed by atoms with Crippen LogP contribution in [0.15, 0.2) is 22.2 Å². The Hall–Kier alpha value is -1.83. The lowest BCUT2D eigenvalue weighted by atomic mass is 10.3. The molecule has 1 heterocycles. The number of hydrogen-bond donors (Lipinski definition) is 2. The molecule has 0 aliphatic heterocycles. The monoisotopic (exact) mass is 257 g/mol. The van der Waals surface area contributed by atoms with Crippen molar-refractivity contribution >= 4 is 23.6 Å². The van der Waals surface area contributed by atoms with Crippen LogP contribution in [0, 0.1) is 0 Å². The number of aliphatic carboxylic acids is 1. The summed E-state index contributed by atoms with van der Waals surface area (Å²) in [5.74, 6) is -1.87. The Labute approximate surface area is 101 Å². The number of carboxylic acid groups (broad SMARTS) is 1. The first-order chi connectivity index (χ1) is 7.91. The molecule has 0 aliphatic carbocycles. The fraction of sp³-hybridized carbons (Fsp3) is 0.333. The molecule has 0 spiro atoms. The maximum absolute atomic E-state index is 11.1. The molecule has 17 heavy (non-hydrogen) atoms. The van der Waals surface area contributed by atoms with Crippen LogP contribution in [0.2, 0.25) is 0 Å². The number of nitrogens with zero attached hydrogens (tertiary/aromatic N) is 2. The van der Waals surface area contributed by atoms with Gasteiger partial charge in [-0.25, -0.2) is 0 Å². The normalized spacial score (nSPS) is 12.1. The van der Waals surface area contributed by atoms with Crippen molar-refractivity contribution in [3.05, 3.63) is 22.6 Å². The van der Waals surface area contributed by atoms with E-state index in [4.69, 9.17) is 10.8 Å². The summed E-state index contributed by atoms with van der Waals surface area (Å²) in [5, 5.41) is 8.71. The number of carbonyl (C=O) groups excluding carboxylic acids is 1. The fourth-order valence-electron chi connectivity index (χ4n) is 1.06. The summed E-state index contributed by atoms with van der Waals surface area (Å²) in [5.41, 5.74) is 4.65. The Morgan fingerprint density at radius 2 is 2.29 bits per heavy atom. The van der Waals surface area contributed by atoms with Gasteiger partial charge in [-0.3, -0.25) is 14.4 Å². The van der Waals surface area contributed by atoms with E-state index in [2.05, 4.69) is 4.98 Å². The first-order valence-corrected chi connectivity index (χ1v) is 5.63. The Morgan fingerprint density at radius 3 is 2.82 bits per heavy atom. The number of thioether (sulfide) groups is 1. The third-order valence-corrected chi connectivity index (χ3v) is 2.91. The second-order valence-electron chi connectivity index (χ2n) is 3.22. The van der Waals surface area contributed by atoms with Crippen molar-refractivity contribution in [2.45, 2.75) is 18.1 Å². The molecule has 1 aromatic heterocycles. The van der Waals surface area contributed by atoms with E-state index in [1.54, 1.807) is 6.92 Å². The van der Waals surface area contributed by atoms with Crippen LogP contribution in [0.25, 0.3) is 0 Å². The molecule has 3 N–H and O–H groups in total. The molecule has 92 valence electrons. The summed E-state index contributed by atoms with van der Waals surface area (Å²) in [4.78, 5) is 36.2. The first kappa shape index (κ1) is 13.2. The molecule has 0 saturated carbocycles. The summed E-state index contributed by atoms with van der Waals surface area (Å²) in [6.45, 7) is 1.54. The summed E-state index contributed by atoms with van der Waals surface area (Å²) in [6, 6.07) is 0.490. The third kappa shape index (κ3) is 3.59. The molecule has 7 nitrogen and oxygen atoms in total. The predicted molar refractivity (Wildman–Crippen MR) is 60.8 cm³/mol. The third-order valence-electron chi connectivity index (χ3n) is 1.96. The smallest absolute Gasteiger partial charge is 0.313 e. The Kier molecular flexibility index (Phi) is 4.27. The van der Waals surface area contributed by atoms with Crippen LogP contribution < -0.4 is 11.3 Å². The van der Waals surface area contributed by atoms with E-state index in [0.29, 0.717) is 0 Å². The molecular formula is C9H11N3O4S. The molecule has 1 rings (SSSR count). The molecule has 0 fully saturated rings. The Bertz CT molecular complexity index is 499. The summed E-state index contributed by atoms with van der Waals surface area (Å²) < 4.78 is 1.37. The molecule has 0 radical (unpaired) electrons. The Balaban J connectivity index is 3.07. The summed E-state index contributed by atoms with van der Waals surface area (Å²) in [7, 11) is 0. The second-order valence-corrected chi connectivity index (χ2v) is 4.16. The van der Waals surface area contributed by atoms with Gasteiger partial charge in [0.05, 0.1) is 5.75 Å². The molecule has 1 amide bonds. The maximum Gasteiger partial charge on any atom is 0.313 e. The van der Waals surface area contributed by atoms with Crippen molar-refractivity contribution in [1.82, 2.24) is 9.55 Å². The van der Waals surface area contributed by atoms with Gasteiger partial charge in [-0.1, -0.05) is 11.8 Å². The number of carboxylic acids is 1. The van der Waals surface area contributed by atoms with Crippen LogP contribution in [0.4, 0.5) is 0 Å². The van der Waals surface area contributed by atoms with Crippen molar-refractivity contribution < 1.29 is 14.7 Å². The molecule has 0 bridgehead atoms. The van der Waals surface area contributed by atoms with Crippen LogP contribution in [0.5, 0.6) is 0 Å². The summed E-state index contributed by atoms with van der Waals surface area (Å²) in [6.07, 6.45) is 1.37. The highest BCUT2D eigenvalue weighted by molar-refractivity contribution is 7.99. The van der Waals surface area contributed by atoms with Gasteiger partial charge in [-0.05, 0) is 6.92 Å². The number of hydrogen-bond acceptors (Lipinski definition) is 5. The molecule has 1 unspecified atom stereocenters. The highest BCUT2D eigenvalue weighted by atomic mass is 32.2. The van der Waals surface area contributed by atoms with Gasteiger partial charge in [0.15, 0.2) is 5.16 Å². The number of aromatic nitrogens is 2. The van der Waals surface area contributed by atoms with E-state index in [9.17, 15) is 14.4 Å². The number of nitrogens with two attached hydrogens (primary N) is 1. The highest BCUT2D eigenvalue weighted by Gasteiger charge is 2.15. The average Bonchev–Trinajstić information content (AvgIpc) is 2.25. The Morgan fingerprint density at radius 1 is 1.65 bits per heavy atom. The molecule has 1 aromatic rings. The van der Waals surface area contributed by atoms with Crippen molar-refractivity contribution in [1.29, 1.82) is 0 Å². The van der Waals surface area contributed by atoms with Gasteiger partial charge in [0, 0.05) is 12.3 Å². The van der Waals surface area contributed by atoms with Crippen molar-refractivity contribution in [3.8, 4) is 0 Å². The number of rotatable bonds is 5. The number of carbonyl (C=O) groups is 2. The van der Waals surface area contributed by atoms with Crippen molar-refractivity contribution in [2.24, 2.45) is 5.73 Å². The van der Waals surface area contributed by atoms with Gasteiger partial charge in [-0.15, -0.1) is 0 Å². The minimum absolute atomic E-state index is 0.159. The summed E-state index contributed by atoms with van der Waals surface area (Å²) >= 11 is 0.860. The zero-order valence-electron chi connectivity index (χ0n) is 8.99. The topological polar surface area (TPSA) is 115 Å². The van der Waals surface area contributed by atoms with E-state index in [1.165, 1.54) is 16.8 Å². The van der Waals surface area contributed by atoms with Crippen molar-refractivity contribution in [3.63, 3.8) is 0 Å². The van der Waals surface area contributed by atoms with Crippen molar-refractivity contribution in [2.75, 3.05) is 5.75 Å². The molecule has 8 heteroatoms.